The van der Waals surface area contributed by atoms with Crippen molar-refractivity contribution in [2.45, 2.75) is 44.7 Å². The van der Waals surface area contributed by atoms with Gasteiger partial charge in [-0.3, -0.25) is 14.5 Å². The largest absolute Gasteiger partial charge is 0.496 e. The zero-order valence-corrected chi connectivity index (χ0v) is 19.6. The van der Waals surface area contributed by atoms with E-state index in [1.165, 1.54) is 11.1 Å². The number of piperidine rings is 1. The molecular formula is C26H30FN3O4. The third-order valence-electron chi connectivity index (χ3n) is 6.36. The predicted molar refractivity (Wildman–Crippen MR) is 126 cm³/mol. The minimum absolute atomic E-state index is 0.0309. The molecule has 2 aliphatic heterocycles. The Labute approximate surface area is 199 Å². The number of esters is 1. The van der Waals surface area contributed by atoms with E-state index in [2.05, 4.69) is 5.10 Å². The molecule has 0 spiro atoms. The van der Waals surface area contributed by atoms with Crippen molar-refractivity contribution in [1.29, 1.82) is 0 Å². The number of ether oxygens (including phenoxy) is 2. The third kappa shape index (κ3) is 4.97. The highest BCUT2D eigenvalue weighted by atomic mass is 19.1. The Hall–Kier alpha value is -3.26. The summed E-state index contributed by atoms with van der Waals surface area (Å²) in [4.78, 5) is 27.9. The van der Waals surface area contributed by atoms with Crippen LogP contribution in [0.1, 0.15) is 49.8 Å². The number of hydrogen-bond donors (Lipinski definition) is 0. The molecule has 0 saturated carbocycles. The van der Waals surface area contributed by atoms with Crippen molar-refractivity contribution in [2.24, 2.45) is 5.10 Å². The van der Waals surface area contributed by atoms with Crippen LogP contribution in [-0.4, -0.2) is 60.3 Å². The molecule has 2 atom stereocenters. The van der Waals surface area contributed by atoms with Gasteiger partial charge < -0.3 is 9.47 Å². The van der Waals surface area contributed by atoms with E-state index in [4.69, 9.17) is 9.47 Å². The van der Waals surface area contributed by atoms with Crippen LogP contribution in [0.25, 0.3) is 0 Å². The van der Waals surface area contributed by atoms with Crippen LogP contribution < -0.4 is 4.74 Å². The van der Waals surface area contributed by atoms with Crippen molar-refractivity contribution in [3.8, 4) is 5.75 Å². The molecule has 2 aromatic rings. The monoisotopic (exact) mass is 467 g/mol. The number of hydrazone groups is 1. The lowest BCUT2D eigenvalue weighted by molar-refractivity contribution is -0.152. The second-order valence-corrected chi connectivity index (χ2v) is 8.46. The molecule has 0 N–H and O–H groups in total. The average Bonchev–Trinajstić information content (AvgIpc) is 3.30. The van der Waals surface area contributed by atoms with Crippen LogP contribution in [0, 0.1) is 5.82 Å². The summed E-state index contributed by atoms with van der Waals surface area (Å²) in [5.74, 6) is -0.294. The van der Waals surface area contributed by atoms with E-state index in [0.29, 0.717) is 43.0 Å². The highest BCUT2D eigenvalue weighted by molar-refractivity contribution is 6.03. The minimum atomic E-state index is -0.444. The van der Waals surface area contributed by atoms with Crippen molar-refractivity contribution in [3.05, 3.63) is 65.5 Å². The van der Waals surface area contributed by atoms with Gasteiger partial charge in [0.2, 0.25) is 0 Å². The van der Waals surface area contributed by atoms with Gasteiger partial charge in [-0.1, -0.05) is 42.8 Å². The first kappa shape index (κ1) is 23.9. The first-order valence-corrected chi connectivity index (χ1v) is 11.7. The summed E-state index contributed by atoms with van der Waals surface area (Å²) in [6.07, 6.45) is 2.83. The van der Waals surface area contributed by atoms with Crippen LogP contribution in [0.5, 0.6) is 5.75 Å². The summed E-state index contributed by atoms with van der Waals surface area (Å²) in [6.45, 7) is 2.74. The average molecular weight is 468 g/mol. The molecule has 1 amide bonds. The Morgan fingerprint density at radius 2 is 1.88 bits per heavy atom. The number of methoxy groups -OCH3 is 1. The summed E-state index contributed by atoms with van der Waals surface area (Å²) in [5, 5.41) is 6.01. The van der Waals surface area contributed by atoms with E-state index in [1.54, 1.807) is 32.2 Å². The molecule has 8 heteroatoms. The van der Waals surface area contributed by atoms with Gasteiger partial charge in [0.25, 0.3) is 5.91 Å². The van der Waals surface area contributed by atoms with Gasteiger partial charge in [-0.25, -0.2) is 9.40 Å². The fourth-order valence-electron chi connectivity index (χ4n) is 4.71. The molecule has 7 nitrogen and oxygen atoms in total. The molecule has 2 aromatic carbocycles. The molecule has 2 aliphatic rings. The quantitative estimate of drug-likeness (QED) is 0.577. The van der Waals surface area contributed by atoms with Crippen LogP contribution in [-0.2, 0) is 14.3 Å². The first-order valence-electron chi connectivity index (χ1n) is 11.7. The Kier molecular flexibility index (Phi) is 7.57. The summed E-state index contributed by atoms with van der Waals surface area (Å²) in [6, 6.07) is 13.0. The van der Waals surface area contributed by atoms with Gasteiger partial charge in [0.15, 0.2) is 0 Å². The number of likely N-dealkylation sites (tertiary alicyclic amines) is 1. The molecule has 1 fully saturated rings. The van der Waals surface area contributed by atoms with Crippen molar-refractivity contribution in [1.82, 2.24) is 9.91 Å². The van der Waals surface area contributed by atoms with Gasteiger partial charge in [-0.2, -0.15) is 5.10 Å². The van der Waals surface area contributed by atoms with Gasteiger partial charge in [0.1, 0.15) is 17.6 Å². The Bertz CT molecular complexity index is 1070. The van der Waals surface area contributed by atoms with Crippen LogP contribution in [0.2, 0.25) is 0 Å². The van der Waals surface area contributed by atoms with E-state index in [1.807, 2.05) is 29.2 Å². The SMILES string of the molecule is CCOC(=O)[C@@H]1CCCCN1CC(=O)N1N=C(c2ccccc2F)C[C@H]1c1ccccc1OC. The van der Waals surface area contributed by atoms with Crippen LogP contribution in [0.15, 0.2) is 53.6 Å². The van der Waals surface area contributed by atoms with Crippen molar-refractivity contribution in [2.75, 3.05) is 26.8 Å². The maximum Gasteiger partial charge on any atom is 0.323 e. The number of carbonyl (C=O) groups excluding carboxylic acids is 2. The lowest BCUT2D eigenvalue weighted by Gasteiger charge is -2.34. The maximum absolute atomic E-state index is 14.6. The lowest BCUT2D eigenvalue weighted by Crippen LogP contribution is -2.49. The molecule has 0 bridgehead atoms. The van der Waals surface area contributed by atoms with E-state index in [9.17, 15) is 14.0 Å². The number of halogens is 1. The zero-order chi connectivity index (χ0) is 24.1. The van der Waals surface area contributed by atoms with Crippen molar-refractivity contribution < 1.29 is 23.5 Å². The standard InChI is InChI=1S/C26H30FN3O4/c1-3-34-26(32)22-13-8-9-15-29(22)17-25(31)30-23(19-11-5-7-14-24(19)33-2)16-21(28-30)18-10-4-6-12-20(18)27/h4-7,10-12,14,22-23H,3,8-9,13,15-17H2,1-2H3/t22-,23-/m0/s1. The molecule has 0 aromatic heterocycles. The smallest absolute Gasteiger partial charge is 0.323 e. The van der Waals surface area contributed by atoms with Gasteiger partial charge in [-0.15, -0.1) is 0 Å². The summed E-state index contributed by atoms with van der Waals surface area (Å²) in [5.41, 5.74) is 1.68. The number of para-hydroxylation sites is 1. The minimum Gasteiger partial charge on any atom is -0.496 e. The van der Waals surface area contributed by atoms with E-state index < -0.39 is 12.1 Å². The topological polar surface area (TPSA) is 71.4 Å². The number of benzene rings is 2. The van der Waals surface area contributed by atoms with Crippen LogP contribution >= 0.6 is 0 Å². The van der Waals surface area contributed by atoms with E-state index in [0.717, 1.165) is 18.4 Å². The Morgan fingerprint density at radius 3 is 2.65 bits per heavy atom. The van der Waals surface area contributed by atoms with Crippen LogP contribution in [0.3, 0.4) is 0 Å². The fraction of sp³-hybridized carbons (Fsp3) is 0.423. The summed E-state index contributed by atoms with van der Waals surface area (Å²) >= 11 is 0. The fourth-order valence-corrected chi connectivity index (χ4v) is 4.71. The first-order chi connectivity index (χ1) is 16.5. The Balaban J connectivity index is 1.64. The molecular weight excluding hydrogens is 437 g/mol. The van der Waals surface area contributed by atoms with Crippen LogP contribution in [0.4, 0.5) is 4.39 Å². The van der Waals surface area contributed by atoms with Gasteiger partial charge in [-0.05, 0) is 38.4 Å². The molecule has 0 aliphatic carbocycles. The number of rotatable bonds is 7. The number of hydrogen-bond acceptors (Lipinski definition) is 6. The predicted octanol–water partition coefficient (Wildman–Crippen LogP) is 3.93. The van der Waals surface area contributed by atoms with Crippen molar-refractivity contribution in [3.63, 3.8) is 0 Å². The van der Waals surface area contributed by atoms with Crippen molar-refractivity contribution >= 4 is 17.6 Å². The van der Waals surface area contributed by atoms with Gasteiger partial charge in [0.05, 0.1) is 32.0 Å². The molecule has 180 valence electrons. The maximum atomic E-state index is 14.6. The second-order valence-electron chi connectivity index (χ2n) is 8.46. The lowest BCUT2D eigenvalue weighted by atomic mass is 9.97. The number of nitrogens with zero attached hydrogens (tertiary/aromatic N) is 3. The Morgan fingerprint density at radius 1 is 1.12 bits per heavy atom. The van der Waals surface area contributed by atoms with E-state index >= 15 is 0 Å². The number of carbonyl (C=O) groups is 2. The van der Waals surface area contributed by atoms with Gasteiger partial charge in [0, 0.05) is 17.5 Å². The zero-order valence-electron chi connectivity index (χ0n) is 19.6. The summed E-state index contributed by atoms with van der Waals surface area (Å²) < 4.78 is 25.3. The highest BCUT2D eigenvalue weighted by Gasteiger charge is 2.38. The number of amides is 1. The normalized spacial score (nSPS) is 20.7. The molecule has 4 rings (SSSR count). The van der Waals surface area contributed by atoms with Gasteiger partial charge >= 0.3 is 5.97 Å². The molecule has 0 unspecified atom stereocenters. The highest BCUT2D eigenvalue weighted by Crippen LogP contribution is 2.38. The third-order valence-corrected chi connectivity index (χ3v) is 6.36. The summed E-state index contributed by atoms with van der Waals surface area (Å²) in [7, 11) is 1.58. The van der Waals surface area contributed by atoms with E-state index in [-0.39, 0.29) is 24.2 Å². The molecule has 2 heterocycles. The molecule has 34 heavy (non-hydrogen) atoms. The molecule has 0 radical (unpaired) electrons. The molecule has 1 saturated heterocycles. The second kappa shape index (κ2) is 10.8.